The number of aryl methyl sites for hydroxylation is 1. The first-order chi connectivity index (χ1) is 9.51. The van der Waals surface area contributed by atoms with Crippen LogP contribution in [0.2, 0.25) is 5.02 Å². The van der Waals surface area contributed by atoms with Crippen molar-refractivity contribution in [1.29, 1.82) is 0 Å². The summed E-state index contributed by atoms with van der Waals surface area (Å²) in [5, 5.41) is 0.501. The van der Waals surface area contributed by atoms with Gasteiger partial charge in [0.05, 0.1) is 17.7 Å². The zero-order valence-electron chi connectivity index (χ0n) is 11.1. The van der Waals surface area contributed by atoms with Crippen LogP contribution in [0.15, 0.2) is 36.4 Å². The third kappa shape index (κ3) is 3.03. The van der Waals surface area contributed by atoms with Gasteiger partial charge in [-0.2, -0.15) is 0 Å². The summed E-state index contributed by atoms with van der Waals surface area (Å²) >= 11 is 6.10. The van der Waals surface area contributed by atoms with Crippen molar-refractivity contribution < 1.29 is 14.3 Å². The van der Waals surface area contributed by atoms with Gasteiger partial charge < -0.3 is 15.2 Å². The van der Waals surface area contributed by atoms with E-state index in [2.05, 4.69) is 4.74 Å². The van der Waals surface area contributed by atoms with E-state index >= 15 is 0 Å². The van der Waals surface area contributed by atoms with Crippen LogP contribution in [0.3, 0.4) is 0 Å². The Kier molecular flexibility index (Phi) is 4.15. The van der Waals surface area contributed by atoms with E-state index in [9.17, 15) is 4.79 Å². The molecule has 0 aliphatic heterocycles. The highest BCUT2D eigenvalue weighted by molar-refractivity contribution is 6.32. The Bertz CT molecular complexity index is 656. The molecule has 4 nitrogen and oxygen atoms in total. The quantitative estimate of drug-likeness (QED) is 0.690. The van der Waals surface area contributed by atoms with Crippen molar-refractivity contribution in [1.82, 2.24) is 0 Å². The molecule has 0 saturated carbocycles. The maximum absolute atomic E-state index is 11.6. The average Bonchev–Trinajstić information content (AvgIpc) is 2.43. The van der Waals surface area contributed by atoms with Crippen molar-refractivity contribution in [2.45, 2.75) is 6.92 Å². The molecule has 2 rings (SSSR count). The summed E-state index contributed by atoms with van der Waals surface area (Å²) < 4.78 is 10.3. The molecule has 2 aromatic carbocycles. The molecule has 0 radical (unpaired) electrons. The van der Waals surface area contributed by atoms with Crippen LogP contribution in [0.1, 0.15) is 15.9 Å². The van der Waals surface area contributed by atoms with Gasteiger partial charge in [-0.25, -0.2) is 4.79 Å². The number of benzene rings is 2. The fraction of sp³-hybridized carbons (Fsp3) is 0.133. The van der Waals surface area contributed by atoms with Crippen LogP contribution in [0.5, 0.6) is 11.5 Å². The largest absolute Gasteiger partial charge is 0.465 e. The lowest BCUT2D eigenvalue weighted by Crippen LogP contribution is -2.05. The Labute approximate surface area is 122 Å². The van der Waals surface area contributed by atoms with E-state index in [0.717, 1.165) is 5.56 Å². The number of carbonyl (C=O) groups excluding carboxylic acids is 1. The fourth-order valence-corrected chi connectivity index (χ4v) is 1.97. The molecule has 0 bridgehead atoms. The maximum Gasteiger partial charge on any atom is 0.340 e. The van der Waals surface area contributed by atoms with Gasteiger partial charge in [0.15, 0.2) is 0 Å². The first-order valence-corrected chi connectivity index (χ1v) is 6.31. The number of methoxy groups -OCH3 is 1. The number of hydrogen-bond acceptors (Lipinski definition) is 4. The molecular formula is C15H14ClNO3. The van der Waals surface area contributed by atoms with Crippen molar-refractivity contribution in [3.05, 3.63) is 52.5 Å². The molecule has 0 spiro atoms. The van der Waals surface area contributed by atoms with E-state index in [1.54, 1.807) is 24.3 Å². The monoisotopic (exact) mass is 291 g/mol. The summed E-state index contributed by atoms with van der Waals surface area (Å²) in [6, 6.07) is 10.2. The summed E-state index contributed by atoms with van der Waals surface area (Å²) in [5.74, 6) is 0.464. The standard InChI is InChI=1S/C15H14ClNO3/c1-9-3-6-14(12(16)7-9)20-10-4-5-13(17)11(8-10)15(18)19-2/h3-8H,17H2,1-2H3. The normalized spacial score (nSPS) is 10.2. The zero-order valence-corrected chi connectivity index (χ0v) is 11.9. The number of carbonyl (C=O) groups is 1. The van der Waals surface area contributed by atoms with Crippen LogP contribution in [-0.2, 0) is 4.74 Å². The highest BCUT2D eigenvalue weighted by Gasteiger charge is 2.12. The van der Waals surface area contributed by atoms with Gasteiger partial charge in [0, 0.05) is 5.69 Å². The van der Waals surface area contributed by atoms with Crippen molar-refractivity contribution in [3.63, 3.8) is 0 Å². The van der Waals surface area contributed by atoms with Gasteiger partial charge in [0.1, 0.15) is 11.5 Å². The number of hydrogen-bond donors (Lipinski definition) is 1. The SMILES string of the molecule is COC(=O)c1cc(Oc2ccc(C)cc2Cl)ccc1N. The molecule has 5 heteroatoms. The molecule has 0 amide bonds. The van der Waals surface area contributed by atoms with Crippen molar-refractivity contribution in [2.75, 3.05) is 12.8 Å². The Morgan fingerprint density at radius 1 is 1.20 bits per heavy atom. The minimum atomic E-state index is -0.511. The number of anilines is 1. The molecule has 20 heavy (non-hydrogen) atoms. The van der Waals surface area contributed by atoms with Crippen LogP contribution in [-0.4, -0.2) is 13.1 Å². The lowest BCUT2D eigenvalue weighted by atomic mass is 10.1. The molecule has 0 aliphatic rings. The second-order valence-corrected chi connectivity index (χ2v) is 4.68. The molecule has 2 N–H and O–H groups in total. The van der Waals surface area contributed by atoms with Gasteiger partial charge in [0.2, 0.25) is 0 Å². The molecule has 2 aromatic rings. The Morgan fingerprint density at radius 2 is 1.95 bits per heavy atom. The highest BCUT2D eigenvalue weighted by atomic mass is 35.5. The summed E-state index contributed by atoms with van der Waals surface area (Å²) in [6.07, 6.45) is 0. The van der Waals surface area contributed by atoms with Gasteiger partial charge in [-0.15, -0.1) is 0 Å². The van der Waals surface area contributed by atoms with Gasteiger partial charge >= 0.3 is 5.97 Å². The number of nitrogens with two attached hydrogens (primary N) is 1. The maximum atomic E-state index is 11.6. The van der Waals surface area contributed by atoms with Gasteiger partial charge in [0.25, 0.3) is 0 Å². The molecule has 0 aromatic heterocycles. The number of esters is 1. The minimum absolute atomic E-state index is 0.258. The third-order valence-electron chi connectivity index (χ3n) is 2.75. The molecule has 0 heterocycles. The molecule has 0 fully saturated rings. The molecule has 0 aliphatic carbocycles. The van der Waals surface area contributed by atoms with Crippen LogP contribution in [0, 0.1) is 6.92 Å². The average molecular weight is 292 g/mol. The molecule has 0 unspecified atom stereocenters. The number of ether oxygens (including phenoxy) is 2. The zero-order chi connectivity index (χ0) is 14.7. The smallest absolute Gasteiger partial charge is 0.340 e. The summed E-state index contributed by atoms with van der Waals surface area (Å²) in [4.78, 5) is 11.6. The molecule has 0 saturated heterocycles. The fourth-order valence-electron chi connectivity index (χ4n) is 1.70. The minimum Gasteiger partial charge on any atom is -0.465 e. The third-order valence-corrected chi connectivity index (χ3v) is 3.04. The van der Waals surface area contributed by atoms with Crippen molar-refractivity contribution >= 4 is 23.3 Å². The highest BCUT2D eigenvalue weighted by Crippen LogP contribution is 2.31. The van der Waals surface area contributed by atoms with E-state index in [1.807, 2.05) is 13.0 Å². The second-order valence-electron chi connectivity index (χ2n) is 4.28. The first-order valence-electron chi connectivity index (χ1n) is 5.93. The Balaban J connectivity index is 2.32. The summed E-state index contributed by atoms with van der Waals surface area (Å²) in [6.45, 7) is 1.94. The Morgan fingerprint density at radius 3 is 2.60 bits per heavy atom. The van der Waals surface area contributed by atoms with Gasteiger partial charge in [-0.1, -0.05) is 17.7 Å². The summed E-state index contributed by atoms with van der Waals surface area (Å²) in [5.41, 5.74) is 7.35. The lowest BCUT2D eigenvalue weighted by Gasteiger charge is -2.10. The van der Waals surface area contributed by atoms with E-state index in [4.69, 9.17) is 22.1 Å². The summed E-state index contributed by atoms with van der Waals surface area (Å²) in [7, 11) is 1.30. The second kappa shape index (κ2) is 5.84. The lowest BCUT2D eigenvalue weighted by molar-refractivity contribution is 0.0601. The first kappa shape index (κ1) is 14.2. The van der Waals surface area contributed by atoms with Crippen LogP contribution >= 0.6 is 11.6 Å². The number of nitrogen functional groups attached to an aromatic ring is 1. The van der Waals surface area contributed by atoms with Crippen LogP contribution in [0.4, 0.5) is 5.69 Å². The van der Waals surface area contributed by atoms with E-state index in [1.165, 1.54) is 13.2 Å². The van der Waals surface area contributed by atoms with Gasteiger partial charge in [-0.3, -0.25) is 0 Å². The van der Waals surface area contributed by atoms with E-state index in [0.29, 0.717) is 22.2 Å². The molecule has 0 atom stereocenters. The van der Waals surface area contributed by atoms with E-state index in [-0.39, 0.29) is 5.56 Å². The topological polar surface area (TPSA) is 61.5 Å². The number of halogens is 1. The van der Waals surface area contributed by atoms with Crippen LogP contribution < -0.4 is 10.5 Å². The predicted octanol–water partition coefficient (Wildman–Crippen LogP) is 3.81. The molecule has 104 valence electrons. The van der Waals surface area contributed by atoms with Crippen LogP contribution in [0.25, 0.3) is 0 Å². The Hall–Kier alpha value is -2.20. The van der Waals surface area contributed by atoms with E-state index < -0.39 is 5.97 Å². The predicted molar refractivity (Wildman–Crippen MR) is 78.5 cm³/mol. The van der Waals surface area contributed by atoms with Crippen molar-refractivity contribution in [3.8, 4) is 11.5 Å². The number of rotatable bonds is 3. The van der Waals surface area contributed by atoms with Crippen molar-refractivity contribution in [2.24, 2.45) is 0 Å². The van der Waals surface area contributed by atoms with Gasteiger partial charge in [-0.05, 0) is 42.8 Å². The molecular weight excluding hydrogens is 278 g/mol.